The highest BCUT2D eigenvalue weighted by Crippen LogP contribution is 2.17. The fourth-order valence-corrected chi connectivity index (χ4v) is 2.26. The smallest absolute Gasteiger partial charge is 0.170 e. The van der Waals surface area contributed by atoms with Crippen molar-refractivity contribution in [1.82, 2.24) is 0 Å². The summed E-state index contributed by atoms with van der Waals surface area (Å²) in [5.74, 6) is 1.07. The van der Waals surface area contributed by atoms with Crippen LogP contribution >= 0.6 is 0 Å². The molecule has 132 valence electrons. The largest absolute Gasteiger partial charge is 0.494 e. The van der Waals surface area contributed by atoms with Crippen molar-refractivity contribution in [2.75, 3.05) is 13.2 Å². The fourth-order valence-electron chi connectivity index (χ4n) is 2.26. The molecule has 0 saturated heterocycles. The Balaban J connectivity index is 1.94. The van der Waals surface area contributed by atoms with Crippen LogP contribution in [-0.2, 0) is 0 Å². The van der Waals surface area contributed by atoms with Crippen molar-refractivity contribution in [3.8, 4) is 11.5 Å². The summed E-state index contributed by atoms with van der Waals surface area (Å²) in [5.41, 5.74) is 1.03. The van der Waals surface area contributed by atoms with Crippen molar-refractivity contribution in [1.29, 1.82) is 0 Å². The number of carbonyl (C=O) groups excluding carboxylic acids is 2. The van der Waals surface area contributed by atoms with Crippen molar-refractivity contribution < 1.29 is 19.1 Å². The second-order valence-corrected chi connectivity index (χ2v) is 5.77. The van der Waals surface area contributed by atoms with Crippen LogP contribution in [0, 0.1) is 0 Å². The molecule has 2 rings (SSSR count). The molecule has 4 heteroatoms. The van der Waals surface area contributed by atoms with Gasteiger partial charge in [-0.3, -0.25) is 9.59 Å². The molecule has 2 aromatic carbocycles. The van der Waals surface area contributed by atoms with Gasteiger partial charge in [0.05, 0.1) is 19.6 Å². The average Bonchev–Trinajstić information content (AvgIpc) is 2.65. The quantitative estimate of drug-likeness (QED) is 0.464. The van der Waals surface area contributed by atoms with E-state index in [9.17, 15) is 9.59 Å². The van der Waals surface area contributed by atoms with E-state index in [1.807, 2.05) is 13.8 Å². The van der Waals surface area contributed by atoms with Crippen LogP contribution in [0.5, 0.6) is 11.5 Å². The van der Waals surface area contributed by atoms with Crippen LogP contribution in [0.2, 0.25) is 0 Å². The Hall–Kier alpha value is -2.62. The van der Waals surface area contributed by atoms with Gasteiger partial charge < -0.3 is 9.47 Å². The van der Waals surface area contributed by atoms with Crippen LogP contribution in [0.3, 0.4) is 0 Å². The van der Waals surface area contributed by atoms with Crippen molar-refractivity contribution in [2.24, 2.45) is 0 Å². The molecule has 0 aromatic heterocycles. The Morgan fingerprint density at radius 1 is 0.680 bits per heavy atom. The van der Waals surface area contributed by atoms with Crippen molar-refractivity contribution in [2.45, 2.75) is 33.1 Å². The fraction of sp³-hybridized carbons (Fsp3) is 0.333. The van der Waals surface area contributed by atoms with Crippen molar-refractivity contribution in [3.05, 3.63) is 59.7 Å². The van der Waals surface area contributed by atoms with Gasteiger partial charge in [-0.2, -0.15) is 0 Å². The maximum Gasteiger partial charge on any atom is 0.170 e. The Morgan fingerprint density at radius 2 is 1.04 bits per heavy atom. The normalized spacial score (nSPS) is 10.3. The Bertz CT molecular complexity index is 625. The monoisotopic (exact) mass is 340 g/mol. The standard InChI is InChI=1S/C21H24O4/c1-3-13-24-18-9-5-16(6-10-18)20(22)15-21(23)17-7-11-19(12-8-17)25-14-4-2/h5-12H,3-4,13-15H2,1-2H3. The first-order chi connectivity index (χ1) is 12.1. The van der Waals surface area contributed by atoms with Crippen LogP contribution in [0.25, 0.3) is 0 Å². The number of Topliss-reactive ketones (excluding diaryl/α,β-unsaturated/α-hetero) is 2. The molecular weight excluding hydrogens is 316 g/mol. The summed E-state index contributed by atoms with van der Waals surface area (Å²) in [6, 6.07) is 13.8. The van der Waals surface area contributed by atoms with Crippen LogP contribution in [0.15, 0.2) is 48.5 Å². The average molecular weight is 340 g/mol. The SMILES string of the molecule is CCCOc1ccc(C(=O)CC(=O)c2ccc(OCCC)cc2)cc1. The summed E-state index contributed by atoms with van der Waals surface area (Å²) in [5, 5.41) is 0. The maximum absolute atomic E-state index is 12.3. The van der Waals surface area contributed by atoms with Crippen molar-refractivity contribution in [3.63, 3.8) is 0 Å². The van der Waals surface area contributed by atoms with Crippen LogP contribution < -0.4 is 9.47 Å². The molecule has 2 aromatic rings. The number of hydrogen-bond donors (Lipinski definition) is 0. The first-order valence-electron chi connectivity index (χ1n) is 8.66. The van der Waals surface area contributed by atoms with E-state index >= 15 is 0 Å². The van der Waals surface area contributed by atoms with Gasteiger partial charge in [-0.25, -0.2) is 0 Å². The molecule has 0 radical (unpaired) electrons. The topological polar surface area (TPSA) is 52.6 Å². The molecule has 0 fully saturated rings. The molecule has 0 saturated carbocycles. The zero-order valence-corrected chi connectivity index (χ0v) is 14.8. The van der Waals surface area contributed by atoms with Gasteiger partial charge in [0, 0.05) is 11.1 Å². The Kier molecular flexibility index (Phi) is 7.20. The summed E-state index contributed by atoms with van der Waals surface area (Å²) in [6.45, 7) is 5.35. The van der Waals surface area contributed by atoms with E-state index < -0.39 is 0 Å². The molecule has 0 aliphatic rings. The minimum atomic E-state index is -0.196. The van der Waals surface area contributed by atoms with Gasteiger partial charge in [0.25, 0.3) is 0 Å². The van der Waals surface area contributed by atoms with E-state index in [2.05, 4.69) is 0 Å². The second kappa shape index (κ2) is 9.62. The predicted molar refractivity (Wildman–Crippen MR) is 97.7 cm³/mol. The third-order valence-corrected chi connectivity index (χ3v) is 3.62. The molecule has 0 aliphatic heterocycles. The second-order valence-electron chi connectivity index (χ2n) is 5.77. The van der Waals surface area contributed by atoms with E-state index in [4.69, 9.17) is 9.47 Å². The third kappa shape index (κ3) is 5.75. The number of ketones is 2. The molecule has 0 unspecified atom stereocenters. The van der Waals surface area contributed by atoms with Gasteiger partial charge >= 0.3 is 0 Å². The summed E-state index contributed by atoms with van der Waals surface area (Å²) >= 11 is 0. The van der Waals surface area contributed by atoms with E-state index in [-0.39, 0.29) is 18.0 Å². The zero-order valence-electron chi connectivity index (χ0n) is 14.8. The lowest BCUT2D eigenvalue weighted by atomic mass is 10.0. The predicted octanol–water partition coefficient (Wildman–Crippen LogP) is 4.72. The lowest BCUT2D eigenvalue weighted by molar-refractivity contribution is 0.0894. The Labute approximate surface area is 148 Å². The van der Waals surface area contributed by atoms with Crippen LogP contribution in [0.1, 0.15) is 53.8 Å². The first kappa shape index (κ1) is 18.7. The molecule has 0 amide bonds. The van der Waals surface area contributed by atoms with E-state index in [0.717, 1.165) is 24.3 Å². The van der Waals surface area contributed by atoms with Gasteiger partial charge in [-0.1, -0.05) is 13.8 Å². The molecule has 0 heterocycles. The van der Waals surface area contributed by atoms with E-state index in [0.29, 0.717) is 24.3 Å². The number of benzene rings is 2. The molecule has 0 aliphatic carbocycles. The summed E-state index contributed by atoms with van der Waals surface area (Å²) in [7, 11) is 0. The molecule has 0 N–H and O–H groups in total. The van der Waals surface area contributed by atoms with Crippen molar-refractivity contribution >= 4 is 11.6 Å². The highest BCUT2D eigenvalue weighted by atomic mass is 16.5. The van der Waals surface area contributed by atoms with Gasteiger partial charge in [0.2, 0.25) is 0 Å². The summed E-state index contributed by atoms with van der Waals surface area (Å²) < 4.78 is 11.0. The van der Waals surface area contributed by atoms with Crippen LogP contribution in [-0.4, -0.2) is 24.8 Å². The van der Waals surface area contributed by atoms with Gasteiger partial charge in [-0.15, -0.1) is 0 Å². The maximum atomic E-state index is 12.3. The first-order valence-corrected chi connectivity index (χ1v) is 8.66. The third-order valence-electron chi connectivity index (χ3n) is 3.62. The molecular formula is C21H24O4. The molecule has 4 nitrogen and oxygen atoms in total. The van der Waals surface area contributed by atoms with Gasteiger partial charge in [-0.05, 0) is 61.4 Å². The van der Waals surface area contributed by atoms with Gasteiger partial charge in [0.15, 0.2) is 11.6 Å². The number of ether oxygens (including phenoxy) is 2. The highest BCUT2D eigenvalue weighted by Gasteiger charge is 2.14. The molecule has 0 spiro atoms. The molecule has 25 heavy (non-hydrogen) atoms. The number of carbonyl (C=O) groups is 2. The number of hydrogen-bond acceptors (Lipinski definition) is 4. The lowest BCUT2D eigenvalue weighted by Gasteiger charge is -2.07. The number of rotatable bonds is 10. The molecule has 0 atom stereocenters. The highest BCUT2D eigenvalue weighted by molar-refractivity contribution is 6.13. The van der Waals surface area contributed by atoms with E-state index in [1.165, 1.54) is 0 Å². The van der Waals surface area contributed by atoms with Gasteiger partial charge in [0.1, 0.15) is 11.5 Å². The Morgan fingerprint density at radius 3 is 1.36 bits per heavy atom. The molecule has 0 bridgehead atoms. The minimum Gasteiger partial charge on any atom is -0.494 e. The van der Waals surface area contributed by atoms with Crippen LogP contribution in [0.4, 0.5) is 0 Å². The van der Waals surface area contributed by atoms with E-state index in [1.54, 1.807) is 48.5 Å². The summed E-state index contributed by atoms with van der Waals surface area (Å²) in [6.07, 6.45) is 1.71. The zero-order chi connectivity index (χ0) is 18.1. The lowest BCUT2D eigenvalue weighted by Crippen LogP contribution is -2.08. The summed E-state index contributed by atoms with van der Waals surface area (Å²) in [4.78, 5) is 24.6. The minimum absolute atomic E-state index is 0.148.